The van der Waals surface area contributed by atoms with Crippen LogP contribution in [0.2, 0.25) is 0 Å². The van der Waals surface area contributed by atoms with Crippen molar-refractivity contribution in [1.29, 1.82) is 0 Å². The average Bonchev–Trinajstić information content (AvgIpc) is 3.43. The Kier molecular flexibility index (Phi) is 7.07. The fraction of sp³-hybridized carbons (Fsp3) is 0.885. The summed E-state index contributed by atoms with van der Waals surface area (Å²) < 4.78 is 0. The molecule has 4 fully saturated rings. The van der Waals surface area contributed by atoms with E-state index >= 15 is 0 Å². The number of hydrogen-bond acceptors (Lipinski definition) is 4. The summed E-state index contributed by atoms with van der Waals surface area (Å²) in [5.41, 5.74) is 0. The standard InChI is InChI=1S/C26H44N4O/c31-26-18-21(17-20-7-2-1-3-8-20)12-16-30(26)25-19-24(27-28-25)29-14-6-11-23(13-15-29)22-9-4-5-10-22/h19-23,26,31H,1-18H2,(H,27,28). The van der Waals surface area contributed by atoms with Crippen LogP contribution in [-0.4, -0.2) is 41.2 Å². The van der Waals surface area contributed by atoms with Crippen molar-refractivity contribution in [2.45, 2.75) is 103 Å². The summed E-state index contributed by atoms with van der Waals surface area (Å²) in [5, 5.41) is 18.8. The van der Waals surface area contributed by atoms with E-state index in [1.165, 1.54) is 89.9 Å². The molecule has 2 aliphatic heterocycles. The van der Waals surface area contributed by atoms with Crippen molar-refractivity contribution < 1.29 is 5.11 Å². The van der Waals surface area contributed by atoms with E-state index in [0.717, 1.165) is 55.4 Å². The zero-order valence-electron chi connectivity index (χ0n) is 19.5. The van der Waals surface area contributed by atoms with Crippen LogP contribution in [0.15, 0.2) is 6.07 Å². The molecule has 2 aliphatic carbocycles. The first kappa shape index (κ1) is 21.6. The Balaban J connectivity index is 1.14. The molecule has 5 heteroatoms. The van der Waals surface area contributed by atoms with Crippen molar-refractivity contribution in [2.75, 3.05) is 29.4 Å². The number of nitrogens with zero attached hydrogens (tertiary/aromatic N) is 3. The number of anilines is 2. The molecule has 1 aromatic rings. The van der Waals surface area contributed by atoms with Gasteiger partial charge in [0.05, 0.1) is 0 Å². The van der Waals surface area contributed by atoms with Crippen molar-refractivity contribution in [1.82, 2.24) is 10.2 Å². The van der Waals surface area contributed by atoms with Gasteiger partial charge in [-0.05, 0) is 62.2 Å². The van der Waals surface area contributed by atoms with Crippen molar-refractivity contribution in [3.8, 4) is 0 Å². The van der Waals surface area contributed by atoms with Gasteiger partial charge in [0.1, 0.15) is 12.0 Å². The van der Waals surface area contributed by atoms with Crippen LogP contribution in [0.25, 0.3) is 0 Å². The highest BCUT2D eigenvalue weighted by Crippen LogP contribution is 2.38. The van der Waals surface area contributed by atoms with E-state index in [2.05, 4.69) is 26.1 Å². The Morgan fingerprint density at radius 1 is 0.806 bits per heavy atom. The van der Waals surface area contributed by atoms with Crippen LogP contribution in [0.5, 0.6) is 0 Å². The molecule has 0 bridgehead atoms. The summed E-state index contributed by atoms with van der Waals surface area (Å²) in [6, 6.07) is 2.20. The van der Waals surface area contributed by atoms with Crippen LogP contribution in [0, 0.1) is 23.7 Å². The fourth-order valence-electron chi connectivity index (χ4n) is 7.27. The van der Waals surface area contributed by atoms with Crippen LogP contribution >= 0.6 is 0 Å². The van der Waals surface area contributed by atoms with Crippen LogP contribution in [0.4, 0.5) is 11.6 Å². The van der Waals surface area contributed by atoms with Gasteiger partial charge in [0, 0.05) is 25.7 Å². The Bertz CT molecular complexity index is 679. The molecular formula is C26H44N4O. The second kappa shape index (κ2) is 10.1. The molecule has 3 heterocycles. The highest BCUT2D eigenvalue weighted by atomic mass is 16.3. The number of piperidine rings is 1. The van der Waals surface area contributed by atoms with Gasteiger partial charge in [-0.2, -0.15) is 5.10 Å². The van der Waals surface area contributed by atoms with E-state index in [-0.39, 0.29) is 6.23 Å². The Labute approximate surface area is 189 Å². The lowest BCUT2D eigenvalue weighted by Gasteiger charge is -2.38. The highest BCUT2D eigenvalue weighted by Gasteiger charge is 2.31. The number of aromatic amines is 1. The summed E-state index contributed by atoms with van der Waals surface area (Å²) in [7, 11) is 0. The van der Waals surface area contributed by atoms with Crippen LogP contribution < -0.4 is 9.80 Å². The number of aliphatic hydroxyl groups is 1. The molecule has 0 amide bonds. The smallest absolute Gasteiger partial charge is 0.152 e. The topological polar surface area (TPSA) is 55.4 Å². The van der Waals surface area contributed by atoms with Gasteiger partial charge in [-0.15, -0.1) is 0 Å². The minimum Gasteiger partial charge on any atom is -0.374 e. The summed E-state index contributed by atoms with van der Waals surface area (Å²) in [6.45, 7) is 3.21. The predicted molar refractivity (Wildman–Crippen MR) is 127 cm³/mol. The summed E-state index contributed by atoms with van der Waals surface area (Å²) >= 11 is 0. The lowest BCUT2D eigenvalue weighted by Crippen LogP contribution is -2.43. The monoisotopic (exact) mass is 428 g/mol. The molecule has 2 N–H and O–H groups in total. The molecule has 0 aromatic carbocycles. The van der Waals surface area contributed by atoms with Crippen LogP contribution in [-0.2, 0) is 0 Å². The van der Waals surface area contributed by atoms with Gasteiger partial charge in [-0.25, -0.2) is 0 Å². The normalized spacial score (nSPS) is 31.8. The largest absolute Gasteiger partial charge is 0.374 e. The maximum Gasteiger partial charge on any atom is 0.152 e. The number of nitrogens with one attached hydrogen (secondary N) is 1. The molecule has 174 valence electrons. The zero-order valence-corrected chi connectivity index (χ0v) is 19.5. The number of hydrogen-bond donors (Lipinski definition) is 2. The van der Waals surface area contributed by atoms with Gasteiger partial charge in [0.15, 0.2) is 5.82 Å². The van der Waals surface area contributed by atoms with E-state index in [4.69, 9.17) is 0 Å². The summed E-state index contributed by atoms with van der Waals surface area (Å²) in [5.74, 6) is 5.60. The molecular weight excluding hydrogens is 384 g/mol. The lowest BCUT2D eigenvalue weighted by atomic mass is 9.79. The predicted octanol–water partition coefficient (Wildman–Crippen LogP) is 5.71. The second-order valence-electron chi connectivity index (χ2n) is 11.1. The summed E-state index contributed by atoms with van der Waals surface area (Å²) in [4.78, 5) is 4.64. The van der Waals surface area contributed by atoms with Gasteiger partial charge in [-0.3, -0.25) is 5.10 Å². The van der Waals surface area contributed by atoms with E-state index in [0.29, 0.717) is 5.92 Å². The summed E-state index contributed by atoms with van der Waals surface area (Å²) in [6.07, 6.45) is 20.0. The number of aliphatic hydroxyl groups excluding tert-OH is 1. The first-order valence-corrected chi connectivity index (χ1v) is 13.5. The Morgan fingerprint density at radius 3 is 2.35 bits per heavy atom. The quantitative estimate of drug-likeness (QED) is 0.630. The maximum atomic E-state index is 10.9. The lowest BCUT2D eigenvalue weighted by molar-refractivity contribution is 0.0989. The Morgan fingerprint density at radius 2 is 1.55 bits per heavy atom. The van der Waals surface area contributed by atoms with Gasteiger partial charge < -0.3 is 14.9 Å². The van der Waals surface area contributed by atoms with Gasteiger partial charge in [0.25, 0.3) is 0 Å². The SMILES string of the molecule is OC1CC(CC2CCCCC2)CCN1c1cc(N2CCCC(C3CCCC3)CC2)n[nH]1. The Hall–Kier alpha value is -1.23. The first-order chi connectivity index (χ1) is 15.3. The third-order valence-electron chi connectivity index (χ3n) is 9.10. The molecule has 5 nitrogen and oxygen atoms in total. The van der Waals surface area contributed by atoms with Crippen molar-refractivity contribution in [3.05, 3.63) is 6.07 Å². The molecule has 1 aromatic heterocycles. The number of H-pyrrole nitrogens is 1. The molecule has 4 aliphatic rings. The van der Waals surface area contributed by atoms with Crippen molar-refractivity contribution in [3.63, 3.8) is 0 Å². The third-order valence-corrected chi connectivity index (χ3v) is 9.10. The molecule has 3 unspecified atom stereocenters. The molecule has 2 saturated heterocycles. The van der Waals surface area contributed by atoms with Gasteiger partial charge in [0.2, 0.25) is 0 Å². The average molecular weight is 429 g/mol. The fourth-order valence-corrected chi connectivity index (χ4v) is 7.27. The second-order valence-corrected chi connectivity index (χ2v) is 11.1. The molecule has 0 radical (unpaired) electrons. The van der Waals surface area contributed by atoms with Crippen molar-refractivity contribution in [2.24, 2.45) is 23.7 Å². The van der Waals surface area contributed by atoms with Crippen LogP contribution in [0.1, 0.15) is 96.3 Å². The molecule has 31 heavy (non-hydrogen) atoms. The number of aromatic nitrogens is 2. The van der Waals surface area contributed by atoms with Gasteiger partial charge in [-0.1, -0.05) is 57.8 Å². The molecule has 0 spiro atoms. The third kappa shape index (κ3) is 5.23. The van der Waals surface area contributed by atoms with E-state index in [1.807, 2.05) is 0 Å². The minimum atomic E-state index is -0.369. The van der Waals surface area contributed by atoms with E-state index in [9.17, 15) is 5.11 Å². The maximum absolute atomic E-state index is 10.9. The van der Waals surface area contributed by atoms with Crippen molar-refractivity contribution >= 4 is 11.6 Å². The molecule has 2 saturated carbocycles. The molecule has 3 atom stereocenters. The minimum absolute atomic E-state index is 0.369. The highest BCUT2D eigenvalue weighted by molar-refractivity contribution is 5.51. The van der Waals surface area contributed by atoms with E-state index < -0.39 is 0 Å². The number of rotatable bonds is 5. The van der Waals surface area contributed by atoms with E-state index in [1.54, 1.807) is 0 Å². The van der Waals surface area contributed by atoms with Gasteiger partial charge >= 0.3 is 0 Å². The first-order valence-electron chi connectivity index (χ1n) is 13.5. The van der Waals surface area contributed by atoms with Crippen LogP contribution in [0.3, 0.4) is 0 Å². The zero-order chi connectivity index (χ0) is 21.0. The molecule has 5 rings (SSSR count).